The lowest BCUT2D eigenvalue weighted by molar-refractivity contribution is 0.0948. The Balaban J connectivity index is 1.34. The molecule has 31 heavy (non-hydrogen) atoms. The molecule has 0 aromatic heterocycles. The van der Waals surface area contributed by atoms with Gasteiger partial charge in [0.25, 0.3) is 5.91 Å². The van der Waals surface area contributed by atoms with E-state index in [0.717, 1.165) is 65.0 Å². The summed E-state index contributed by atoms with van der Waals surface area (Å²) in [6.45, 7) is 10.8. The highest BCUT2D eigenvalue weighted by atomic mass is 32.2. The van der Waals surface area contributed by atoms with Gasteiger partial charge in [0.2, 0.25) is 10.0 Å². The number of likely N-dealkylation sites (N-methyl/N-ethyl adjacent to an activating group) is 1. The van der Waals surface area contributed by atoms with E-state index in [0.29, 0.717) is 31.1 Å². The highest BCUT2D eigenvalue weighted by Gasteiger charge is 2.25. The number of carbonyl (C=O) groups is 1. The minimum Gasteiger partial charge on any atom is -0.352 e. The second-order valence-corrected chi connectivity index (χ2v) is 10.9. The van der Waals surface area contributed by atoms with Crippen molar-refractivity contribution in [2.24, 2.45) is 5.92 Å². The average Bonchev–Trinajstić information content (AvgIpc) is 2.77. The second kappa shape index (κ2) is 11.4. The van der Waals surface area contributed by atoms with Gasteiger partial charge in [0.15, 0.2) is 0 Å². The van der Waals surface area contributed by atoms with Crippen LogP contribution in [0.15, 0.2) is 24.3 Å². The third-order valence-electron chi connectivity index (χ3n) is 6.63. The standard InChI is InChI=1S/C23H38N4O3S/c1-3-25-15-17-26(18-16-25)12-4-11-24-23(28)22-7-5-20(6-8-22)19-21-9-13-27(14-10-21)31(2,29)30/h5-8,21H,3-4,9-19H2,1-2H3,(H,24,28). The Morgan fingerprint density at radius 3 is 2.19 bits per heavy atom. The van der Waals surface area contributed by atoms with Gasteiger partial charge in [-0.15, -0.1) is 0 Å². The molecule has 0 bridgehead atoms. The summed E-state index contributed by atoms with van der Waals surface area (Å²) in [5, 5.41) is 3.04. The van der Waals surface area contributed by atoms with Gasteiger partial charge in [-0.1, -0.05) is 19.1 Å². The van der Waals surface area contributed by atoms with Gasteiger partial charge in [-0.05, 0) is 62.4 Å². The van der Waals surface area contributed by atoms with Crippen molar-refractivity contribution >= 4 is 15.9 Å². The lowest BCUT2D eigenvalue weighted by atomic mass is 9.91. The van der Waals surface area contributed by atoms with Crippen LogP contribution >= 0.6 is 0 Å². The smallest absolute Gasteiger partial charge is 0.251 e. The monoisotopic (exact) mass is 450 g/mol. The van der Waals surface area contributed by atoms with E-state index in [1.54, 1.807) is 4.31 Å². The molecule has 0 radical (unpaired) electrons. The van der Waals surface area contributed by atoms with Gasteiger partial charge in [-0.25, -0.2) is 12.7 Å². The first-order valence-electron chi connectivity index (χ1n) is 11.6. The number of rotatable bonds is 9. The molecule has 1 aromatic carbocycles. The van der Waals surface area contributed by atoms with E-state index in [1.165, 1.54) is 11.8 Å². The van der Waals surface area contributed by atoms with Crippen molar-refractivity contribution in [1.82, 2.24) is 19.4 Å². The quantitative estimate of drug-likeness (QED) is 0.580. The van der Waals surface area contributed by atoms with Crippen LogP contribution in [0, 0.1) is 5.92 Å². The Bertz CT molecular complexity index is 797. The van der Waals surface area contributed by atoms with Crippen molar-refractivity contribution in [1.29, 1.82) is 0 Å². The molecule has 2 saturated heterocycles. The first kappa shape index (κ1) is 24.2. The first-order valence-corrected chi connectivity index (χ1v) is 13.5. The summed E-state index contributed by atoms with van der Waals surface area (Å²) >= 11 is 0. The lowest BCUT2D eigenvalue weighted by Gasteiger charge is -2.33. The molecule has 2 heterocycles. The van der Waals surface area contributed by atoms with Crippen LogP contribution in [-0.2, 0) is 16.4 Å². The molecule has 2 fully saturated rings. The first-order chi connectivity index (χ1) is 14.8. The largest absolute Gasteiger partial charge is 0.352 e. The van der Waals surface area contributed by atoms with Crippen LogP contribution in [0.2, 0.25) is 0 Å². The number of sulfonamides is 1. The number of piperidine rings is 1. The van der Waals surface area contributed by atoms with Gasteiger partial charge in [0.1, 0.15) is 0 Å². The molecular weight excluding hydrogens is 412 g/mol. The van der Waals surface area contributed by atoms with Crippen molar-refractivity contribution in [3.63, 3.8) is 0 Å². The summed E-state index contributed by atoms with van der Waals surface area (Å²) in [4.78, 5) is 17.4. The summed E-state index contributed by atoms with van der Waals surface area (Å²) in [6.07, 6.45) is 4.98. The summed E-state index contributed by atoms with van der Waals surface area (Å²) in [6, 6.07) is 7.87. The Hall–Kier alpha value is -1.48. The molecule has 0 atom stereocenters. The van der Waals surface area contributed by atoms with E-state index in [2.05, 4.69) is 22.0 Å². The van der Waals surface area contributed by atoms with Crippen LogP contribution in [-0.4, -0.2) is 93.6 Å². The van der Waals surface area contributed by atoms with E-state index < -0.39 is 10.0 Å². The molecule has 1 amide bonds. The van der Waals surface area contributed by atoms with E-state index in [-0.39, 0.29) is 5.91 Å². The molecule has 1 N–H and O–H groups in total. The fourth-order valence-corrected chi connectivity index (χ4v) is 5.38. The molecule has 3 rings (SSSR count). The van der Waals surface area contributed by atoms with Crippen molar-refractivity contribution in [3.05, 3.63) is 35.4 Å². The molecule has 7 nitrogen and oxygen atoms in total. The van der Waals surface area contributed by atoms with Gasteiger partial charge >= 0.3 is 0 Å². The predicted octanol–water partition coefficient (Wildman–Crippen LogP) is 1.66. The number of hydrogen-bond donors (Lipinski definition) is 1. The maximum absolute atomic E-state index is 12.4. The molecule has 1 aromatic rings. The predicted molar refractivity (Wildman–Crippen MR) is 125 cm³/mol. The van der Waals surface area contributed by atoms with E-state index >= 15 is 0 Å². The third kappa shape index (κ3) is 7.56. The topological polar surface area (TPSA) is 73.0 Å². The van der Waals surface area contributed by atoms with E-state index in [9.17, 15) is 13.2 Å². The Morgan fingerprint density at radius 1 is 1.00 bits per heavy atom. The van der Waals surface area contributed by atoms with Crippen LogP contribution < -0.4 is 5.32 Å². The molecule has 0 unspecified atom stereocenters. The molecular formula is C23H38N4O3S. The second-order valence-electron chi connectivity index (χ2n) is 8.89. The molecule has 2 aliphatic heterocycles. The van der Waals surface area contributed by atoms with Crippen LogP contribution in [0.1, 0.15) is 42.1 Å². The number of nitrogens with zero attached hydrogens (tertiary/aromatic N) is 3. The lowest BCUT2D eigenvalue weighted by Crippen LogP contribution is -2.46. The minimum atomic E-state index is -3.07. The molecule has 0 aliphatic carbocycles. The van der Waals surface area contributed by atoms with Gasteiger partial charge in [-0.2, -0.15) is 0 Å². The van der Waals surface area contributed by atoms with Crippen LogP contribution in [0.25, 0.3) is 0 Å². The van der Waals surface area contributed by atoms with Crippen LogP contribution in [0.3, 0.4) is 0 Å². The van der Waals surface area contributed by atoms with Crippen LogP contribution in [0.4, 0.5) is 0 Å². The van der Waals surface area contributed by atoms with Crippen molar-refractivity contribution in [2.75, 3.05) is 65.2 Å². The zero-order valence-corrected chi connectivity index (χ0v) is 19.9. The molecule has 8 heteroatoms. The number of amides is 1. The van der Waals surface area contributed by atoms with Gasteiger partial charge in [-0.3, -0.25) is 4.79 Å². The van der Waals surface area contributed by atoms with Crippen molar-refractivity contribution in [3.8, 4) is 0 Å². The number of hydrogen-bond acceptors (Lipinski definition) is 5. The summed E-state index contributed by atoms with van der Waals surface area (Å²) < 4.78 is 24.8. The Kier molecular flexibility index (Phi) is 8.89. The number of piperazine rings is 1. The normalized spacial score (nSPS) is 20.1. The number of nitrogens with one attached hydrogen (secondary N) is 1. The molecule has 0 spiro atoms. The highest BCUT2D eigenvalue weighted by molar-refractivity contribution is 7.88. The Morgan fingerprint density at radius 2 is 1.61 bits per heavy atom. The van der Waals surface area contributed by atoms with Gasteiger partial charge < -0.3 is 15.1 Å². The molecule has 2 aliphatic rings. The van der Waals surface area contributed by atoms with Gasteiger partial charge in [0, 0.05) is 51.4 Å². The SMILES string of the molecule is CCN1CCN(CCCNC(=O)c2ccc(CC3CCN(S(C)(=O)=O)CC3)cc2)CC1. The van der Waals surface area contributed by atoms with Gasteiger partial charge in [0.05, 0.1) is 6.26 Å². The number of carbonyl (C=O) groups excluding carboxylic acids is 1. The van der Waals surface area contributed by atoms with E-state index in [1.807, 2.05) is 24.3 Å². The van der Waals surface area contributed by atoms with Crippen molar-refractivity contribution < 1.29 is 13.2 Å². The minimum absolute atomic E-state index is 0.0104. The Labute approximate surface area is 187 Å². The van der Waals surface area contributed by atoms with Crippen LogP contribution in [0.5, 0.6) is 0 Å². The molecule has 0 saturated carbocycles. The average molecular weight is 451 g/mol. The summed E-state index contributed by atoms with van der Waals surface area (Å²) in [5.74, 6) is 0.487. The zero-order valence-electron chi connectivity index (χ0n) is 19.1. The molecule has 174 valence electrons. The number of benzene rings is 1. The highest BCUT2D eigenvalue weighted by Crippen LogP contribution is 2.23. The maximum Gasteiger partial charge on any atom is 0.251 e. The fourth-order valence-electron chi connectivity index (χ4n) is 4.51. The third-order valence-corrected chi connectivity index (χ3v) is 7.93. The van der Waals surface area contributed by atoms with Crippen molar-refractivity contribution in [2.45, 2.75) is 32.6 Å². The fraction of sp³-hybridized carbons (Fsp3) is 0.696. The zero-order chi connectivity index (χ0) is 22.3. The summed E-state index contributed by atoms with van der Waals surface area (Å²) in [7, 11) is -3.07. The van der Waals surface area contributed by atoms with E-state index in [4.69, 9.17) is 0 Å². The maximum atomic E-state index is 12.4. The summed E-state index contributed by atoms with van der Waals surface area (Å²) in [5.41, 5.74) is 1.91.